The van der Waals surface area contributed by atoms with Gasteiger partial charge >= 0.3 is 0 Å². The van der Waals surface area contributed by atoms with Gasteiger partial charge in [-0.25, -0.2) is 0 Å². The molecule has 2 rings (SSSR count). The molecule has 0 bridgehead atoms. The first-order chi connectivity index (χ1) is 9.65. The summed E-state index contributed by atoms with van der Waals surface area (Å²) in [6.07, 6.45) is 0. The monoisotopic (exact) mass is 272 g/mol. The Labute approximate surface area is 116 Å². The van der Waals surface area contributed by atoms with Gasteiger partial charge in [0.2, 0.25) is 0 Å². The molecule has 4 N–H and O–H groups in total. The van der Waals surface area contributed by atoms with E-state index in [0.29, 0.717) is 22.6 Å². The minimum absolute atomic E-state index is 0.0600. The zero-order valence-electron chi connectivity index (χ0n) is 11.1. The van der Waals surface area contributed by atoms with E-state index >= 15 is 0 Å². The second kappa shape index (κ2) is 6.08. The summed E-state index contributed by atoms with van der Waals surface area (Å²) in [7, 11) is 0. The molecule has 0 saturated heterocycles. The van der Waals surface area contributed by atoms with Crippen molar-refractivity contribution < 1.29 is 15.1 Å². The van der Waals surface area contributed by atoms with Gasteiger partial charge in [-0.1, -0.05) is 23.4 Å². The summed E-state index contributed by atoms with van der Waals surface area (Å²) < 4.78 is 5.75. The Hall–Kier alpha value is -2.53. The van der Waals surface area contributed by atoms with Gasteiger partial charge in [-0.2, -0.15) is 0 Å². The summed E-state index contributed by atoms with van der Waals surface area (Å²) in [4.78, 5) is 0. The lowest BCUT2D eigenvalue weighted by Gasteiger charge is -2.11. The highest BCUT2D eigenvalue weighted by molar-refractivity contribution is 5.98. The molecule has 20 heavy (non-hydrogen) atoms. The fourth-order valence-electron chi connectivity index (χ4n) is 1.90. The van der Waals surface area contributed by atoms with E-state index in [0.717, 1.165) is 5.56 Å². The standard InChI is InChI=1S/C15H16N2O3/c1-10-8-12(6-7-13(10)15(16)17-19)20-14-5-3-2-4-11(14)9-18/h2-8,18-19H,9H2,1H3,(H2,16,17). The van der Waals surface area contributed by atoms with Crippen LogP contribution < -0.4 is 10.5 Å². The SMILES string of the molecule is Cc1cc(Oc2ccccc2CO)ccc1/C(N)=N/O. The van der Waals surface area contributed by atoms with Gasteiger partial charge < -0.3 is 20.8 Å². The predicted molar refractivity (Wildman–Crippen MR) is 76.1 cm³/mol. The zero-order valence-corrected chi connectivity index (χ0v) is 11.1. The number of nitrogens with zero attached hydrogens (tertiary/aromatic N) is 1. The van der Waals surface area contributed by atoms with Gasteiger partial charge in [0.1, 0.15) is 11.5 Å². The topological polar surface area (TPSA) is 88.1 Å². The van der Waals surface area contributed by atoms with E-state index in [9.17, 15) is 5.11 Å². The van der Waals surface area contributed by atoms with Crippen LogP contribution in [0.3, 0.4) is 0 Å². The van der Waals surface area contributed by atoms with Crippen LogP contribution in [0.15, 0.2) is 47.6 Å². The Bertz CT molecular complexity index is 639. The first kappa shape index (κ1) is 13.9. The number of nitrogens with two attached hydrogens (primary N) is 1. The number of aryl methyl sites for hydroxylation is 1. The summed E-state index contributed by atoms with van der Waals surface area (Å²) in [6, 6.07) is 12.5. The van der Waals surface area contributed by atoms with Crippen molar-refractivity contribution in [3.8, 4) is 11.5 Å². The Morgan fingerprint density at radius 3 is 2.65 bits per heavy atom. The second-order valence-corrected chi connectivity index (χ2v) is 4.33. The number of hydrogen-bond acceptors (Lipinski definition) is 4. The number of para-hydroxylation sites is 1. The Morgan fingerprint density at radius 2 is 2.00 bits per heavy atom. The third-order valence-corrected chi connectivity index (χ3v) is 2.95. The number of rotatable bonds is 4. The summed E-state index contributed by atoms with van der Waals surface area (Å²) in [5.74, 6) is 1.29. The second-order valence-electron chi connectivity index (χ2n) is 4.33. The number of aliphatic hydroxyl groups excluding tert-OH is 1. The van der Waals surface area contributed by atoms with Gasteiger partial charge in [-0.05, 0) is 36.8 Å². The smallest absolute Gasteiger partial charge is 0.170 e. The average Bonchev–Trinajstić information content (AvgIpc) is 2.47. The molecule has 2 aromatic rings. The van der Waals surface area contributed by atoms with E-state index in [1.165, 1.54) is 0 Å². The van der Waals surface area contributed by atoms with Crippen molar-refractivity contribution in [2.75, 3.05) is 0 Å². The molecule has 0 aromatic heterocycles. The number of amidine groups is 1. The fraction of sp³-hybridized carbons (Fsp3) is 0.133. The summed E-state index contributed by atoms with van der Waals surface area (Å²) in [6.45, 7) is 1.76. The molecule has 0 radical (unpaired) electrons. The molecule has 0 fully saturated rings. The molecule has 0 atom stereocenters. The minimum Gasteiger partial charge on any atom is -0.457 e. The van der Waals surface area contributed by atoms with Crippen LogP contribution >= 0.6 is 0 Å². The van der Waals surface area contributed by atoms with Crippen LogP contribution in [0.25, 0.3) is 0 Å². The van der Waals surface area contributed by atoms with Crippen molar-refractivity contribution in [2.24, 2.45) is 10.9 Å². The predicted octanol–water partition coefficient (Wildman–Crippen LogP) is 2.37. The van der Waals surface area contributed by atoms with Crippen LogP contribution in [0.1, 0.15) is 16.7 Å². The first-order valence-corrected chi connectivity index (χ1v) is 6.11. The zero-order chi connectivity index (χ0) is 14.5. The number of aliphatic hydroxyl groups is 1. The highest BCUT2D eigenvalue weighted by Gasteiger charge is 2.07. The minimum atomic E-state index is -0.0860. The molecule has 0 saturated carbocycles. The highest BCUT2D eigenvalue weighted by atomic mass is 16.5. The van der Waals surface area contributed by atoms with Crippen LogP contribution in [0, 0.1) is 6.92 Å². The lowest BCUT2D eigenvalue weighted by molar-refractivity contribution is 0.276. The maximum atomic E-state index is 9.26. The maximum absolute atomic E-state index is 9.26. The third-order valence-electron chi connectivity index (χ3n) is 2.95. The van der Waals surface area contributed by atoms with Crippen LogP contribution in [0.4, 0.5) is 0 Å². The van der Waals surface area contributed by atoms with Crippen molar-refractivity contribution in [2.45, 2.75) is 13.5 Å². The molecule has 104 valence electrons. The molecule has 5 nitrogen and oxygen atoms in total. The van der Waals surface area contributed by atoms with Gasteiger partial charge in [0.25, 0.3) is 0 Å². The van der Waals surface area contributed by atoms with Crippen LogP contribution in [-0.2, 0) is 6.61 Å². The lowest BCUT2D eigenvalue weighted by atomic mass is 10.1. The Balaban J connectivity index is 2.29. The lowest BCUT2D eigenvalue weighted by Crippen LogP contribution is -2.14. The summed E-state index contributed by atoms with van der Waals surface area (Å²) >= 11 is 0. The summed E-state index contributed by atoms with van der Waals surface area (Å²) in [5.41, 5.74) is 7.76. The fourth-order valence-corrected chi connectivity index (χ4v) is 1.90. The largest absolute Gasteiger partial charge is 0.457 e. The van der Waals surface area contributed by atoms with Gasteiger partial charge in [-0.15, -0.1) is 0 Å². The van der Waals surface area contributed by atoms with Crippen molar-refractivity contribution >= 4 is 5.84 Å². The van der Waals surface area contributed by atoms with E-state index in [2.05, 4.69) is 5.16 Å². The molecule has 5 heteroatoms. The maximum Gasteiger partial charge on any atom is 0.170 e. The van der Waals surface area contributed by atoms with E-state index < -0.39 is 0 Å². The molecular formula is C15H16N2O3. The van der Waals surface area contributed by atoms with Crippen molar-refractivity contribution in [1.82, 2.24) is 0 Å². The van der Waals surface area contributed by atoms with Crippen LogP contribution in [0.2, 0.25) is 0 Å². The molecule has 0 unspecified atom stereocenters. The van der Waals surface area contributed by atoms with Crippen LogP contribution in [0.5, 0.6) is 11.5 Å². The molecular weight excluding hydrogens is 256 g/mol. The molecule has 0 aliphatic heterocycles. The third kappa shape index (κ3) is 2.89. The molecule has 0 heterocycles. The van der Waals surface area contributed by atoms with E-state index in [-0.39, 0.29) is 12.4 Å². The van der Waals surface area contributed by atoms with Gasteiger partial charge in [0.15, 0.2) is 5.84 Å². The van der Waals surface area contributed by atoms with Gasteiger partial charge in [-0.3, -0.25) is 0 Å². The van der Waals surface area contributed by atoms with Gasteiger partial charge in [0.05, 0.1) is 6.61 Å². The van der Waals surface area contributed by atoms with Crippen LogP contribution in [-0.4, -0.2) is 16.1 Å². The number of benzene rings is 2. The van der Waals surface area contributed by atoms with Crippen molar-refractivity contribution in [3.63, 3.8) is 0 Å². The summed E-state index contributed by atoms with van der Waals surface area (Å²) in [5, 5.41) is 20.9. The van der Waals surface area contributed by atoms with E-state index in [1.54, 1.807) is 30.3 Å². The average molecular weight is 272 g/mol. The number of ether oxygens (including phenoxy) is 1. The molecule has 2 aromatic carbocycles. The van der Waals surface area contributed by atoms with Gasteiger partial charge in [0, 0.05) is 11.1 Å². The molecule has 0 spiro atoms. The Kier molecular flexibility index (Phi) is 4.22. The van der Waals surface area contributed by atoms with E-state index in [1.807, 2.05) is 19.1 Å². The molecule has 0 amide bonds. The first-order valence-electron chi connectivity index (χ1n) is 6.11. The highest BCUT2D eigenvalue weighted by Crippen LogP contribution is 2.26. The van der Waals surface area contributed by atoms with Crippen molar-refractivity contribution in [1.29, 1.82) is 0 Å². The normalized spacial score (nSPS) is 11.4. The van der Waals surface area contributed by atoms with Crippen molar-refractivity contribution in [3.05, 3.63) is 59.2 Å². The Morgan fingerprint density at radius 1 is 1.25 bits per heavy atom. The number of hydrogen-bond donors (Lipinski definition) is 3. The molecule has 0 aliphatic carbocycles. The molecule has 0 aliphatic rings. The van der Waals surface area contributed by atoms with E-state index in [4.69, 9.17) is 15.7 Å². The quantitative estimate of drug-likeness (QED) is 0.345. The number of oxime groups is 1.